The van der Waals surface area contributed by atoms with Crippen molar-refractivity contribution in [3.8, 4) is 0 Å². The van der Waals surface area contributed by atoms with Gasteiger partial charge in [0.05, 0.1) is 0 Å². The van der Waals surface area contributed by atoms with Crippen molar-refractivity contribution in [3.05, 3.63) is 36.7 Å². The Balaban J connectivity index is 1.56. The largest absolute Gasteiger partial charge is 0.353 e. The Kier molecular flexibility index (Phi) is 3.28. The number of hydrogen-bond donors (Lipinski definition) is 0. The summed E-state index contributed by atoms with van der Waals surface area (Å²) in [5.74, 6) is 0.562. The van der Waals surface area contributed by atoms with Gasteiger partial charge in [-0.3, -0.25) is 4.79 Å². The molecule has 2 aromatic rings. The molecule has 1 aromatic carbocycles. The van der Waals surface area contributed by atoms with E-state index in [0.29, 0.717) is 5.91 Å². The van der Waals surface area contributed by atoms with E-state index >= 15 is 0 Å². The molecule has 3 heteroatoms. The number of benzene rings is 1. The Bertz CT molecular complexity index is 554. The van der Waals surface area contributed by atoms with Crippen LogP contribution in [0.4, 0.5) is 0 Å². The van der Waals surface area contributed by atoms with Gasteiger partial charge in [-0.15, -0.1) is 0 Å². The quantitative estimate of drug-likeness (QED) is 0.825. The van der Waals surface area contributed by atoms with Crippen LogP contribution in [0.5, 0.6) is 0 Å². The van der Waals surface area contributed by atoms with Crippen LogP contribution in [0.3, 0.4) is 0 Å². The lowest BCUT2D eigenvalue weighted by molar-refractivity contribution is -0.130. The van der Waals surface area contributed by atoms with E-state index < -0.39 is 0 Å². The van der Waals surface area contributed by atoms with E-state index in [2.05, 4.69) is 41.2 Å². The third-order valence-electron chi connectivity index (χ3n) is 4.02. The predicted octanol–water partition coefficient (Wildman–Crippen LogP) is 2.90. The van der Waals surface area contributed by atoms with Crippen molar-refractivity contribution in [2.24, 2.45) is 5.92 Å². The predicted molar refractivity (Wildman–Crippen MR) is 76.9 cm³/mol. The van der Waals surface area contributed by atoms with Crippen molar-refractivity contribution < 1.29 is 4.79 Å². The first-order chi connectivity index (χ1) is 9.24. The molecule has 3 rings (SSSR count). The van der Waals surface area contributed by atoms with E-state index in [1.165, 1.54) is 10.8 Å². The summed E-state index contributed by atoms with van der Waals surface area (Å²) < 4.78 is 2.23. The van der Waals surface area contributed by atoms with Crippen molar-refractivity contribution in [1.82, 2.24) is 9.47 Å². The molecule has 19 heavy (non-hydrogen) atoms. The zero-order valence-corrected chi connectivity index (χ0v) is 11.4. The molecule has 0 spiro atoms. The van der Waals surface area contributed by atoms with Gasteiger partial charge in [0.25, 0.3) is 0 Å². The second-order valence-corrected chi connectivity index (χ2v) is 5.49. The molecule has 0 N–H and O–H groups in total. The summed E-state index contributed by atoms with van der Waals surface area (Å²) in [6.07, 6.45) is 6.42. The summed E-state index contributed by atoms with van der Waals surface area (Å²) in [7, 11) is 0. The SMILES string of the molecule is CC1CCN(CCCn2cc3ccccc3c2)C1=O. The normalized spacial score (nSPS) is 19.5. The average Bonchev–Trinajstić information content (AvgIpc) is 2.96. The van der Waals surface area contributed by atoms with Crippen LogP contribution in [-0.2, 0) is 11.3 Å². The molecule has 100 valence electrons. The van der Waals surface area contributed by atoms with E-state index in [1.54, 1.807) is 0 Å². The van der Waals surface area contributed by atoms with Gasteiger partial charge in [0.15, 0.2) is 0 Å². The first-order valence-electron chi connectivity index (χ1n) is 7.07. The lowest BCUT2D eigenvalue weighted by Gasteiger charge is -2.15. The molecule has 1 amide bonds. The fourth-order valence-electron chi connectivity index (χ4n) is 2.83. The van der Waals surface area contributed by atoms with Crippen LogP contribution < -0.4 is 0 Å². The van der Waals surface area contributed by atoms with Gasteiger partial charge in [-0.1, -0.05) is 31.2 Å². The number of rotatable bonds is 4. The molecular weight excluding hydrogens is 236 g/mol. The highest BCUT2D eigenvalue weighted by Crippen LogP contribution is 2.18. The van der Waals surface area contributed by atoms with Gasteiger partial charge in [-0.25, -0.2) is 0 Å². The van der Waals surface area contributed by atoms with Gasteiger partial charge in [0.2, 0.25) is 5.91 Å². The lowest BCUT2D eigenvalue weighted by atomic mass is 10.1. The number of hydrogen-bond acceptors (Lipinski definition) is 1. The molecule has 2 heterocycles. The first-order valence-corrected chi connectivity index (χ1v) is 7.07. The van der Waals surface area contributed by atoms with E-state index in [-0.39, 0.29) is 5.92 Å². The topological polar surface area (TPSA) is 25.2 Å². The number of aromatic nitrogens is 1. The maximum Gasteiger partial charge on any atom is 0.225 e. The summed E-state index contributed by atoms with van der Waals surface area (Å²) in [4.78, 5) is 13.8. The second kappa shape index (κ2) is 5.08. The van der Waals surface area contributed by atoms with E-state index in [4.69, 9.17) is 0 Å². The summed E-state index contributed by atoms with van der Waals surface area (Å²) in [5, 5.41) is 2.57. The van der Waals surface area contributed by atoms with Crippen molar-refractivity contribution in [3.63, 3.8) is 0 Å². The fraction of sp³-hybridized carbons (Fsp3) is 0.438. The van der Waals surface area contributed by atoms with Crippen LogP contribution >= 0.6 is 0 Å². The van der Waals surface area contributed by atoms with Crippen molar-refractivity contribution in [2.45, 2.75) is 26.3 Å². The van der Waals surface area contributed by atoms with Gasteiger partial charge in [0, 0.05) is 37.9 Å². The molecular formula is C16H20N2O. The maximum atomic E-state index is 11.8. The number of nitrogens with zero attached hydrogens (tertiary/aromatic N) is 2. The van der Waals surface area contributed by atoms with Crippen LogP contribution in [-0.4, -0.2) is 28.5 Å². The molecule has 0 bridgehead atoms. The Labute approximate surface area is 113 Å². The summed E-state index contributed by atoms with van der Waals surface area (Å²) in [6.45, 7) is 4.83. The van der Waals surface area contributed by atoms with Crippen LogP contribution in [0, 0.1) is 5.92 Å². The number of likely N-dealkylation sites (tertiary alicyclic amines) is 1. The highest BCUT2D eigenvalue weighted by Gasteiger charge is 2.26. The highest BCUT2D eigenvalue weighted by atomic mass is 16.2. The maximum absolute atomic E-state index is 11.8. The van der Waals surface area contributed by atoms with Crippen molar-refractivity contribution in [1.29, 1.82) is 0 Å². The number of carbonyl (C=O) groups is 1. The minimum Gasteiger partial charge on any atom is -0.353 e. The van der Waals surface area contributed by atoms with Gasteiger partial charge < -0.3 is 9.47 Å². The lowest BCUT2D eigenvalue weighted by Crippen LogP contribution is -2.28. The van der Waals surface area contributed by atoms with Gasteiger partial charge in [-0.2, -0.15) is 0 Å². The monoisotopic (exact) mass is 256 g/mol. The molecule has 1 atom stereocenters. The minimum atomic E-state index is 0.231. The molecule has 1 fully saturated rings. The Morgan fingerprint density at radius 2 is 1.84 bits per heavy atom. The number of amides is 1. The molecule has 1 saturated heterocycles. The molecule has 0 aliphatic carbocycles. The van der Waals surface area contributed by atoms with E-state index in [0.717, 1.165) is 32.5 Å². The summed E-state index contributed by atoms with van der Waals surface area (Å²) in [5.41, 5.74) is 0. The van der Waals surface area contributed by atoms with Gasteiger partial charge in [-0.05, 0) is 23.6 Å². The summed E-state index contributed by atoms with van der Waals surface area (Å²) in [6, 6.07) is 8.41. The molecule has 0 saturated carbocycles. The third kappa shape index (κ3) is 2.50. The van der Waals surface area contributed by atoms with E-state index in [9.17, 15) is 4.79 Å². The van der Waals surface area contributed by atoms with Crippen LogP contribution in [0.15, 0.2) is 36.7 Å². The number of carbonyl (C=O) groups excluding carboxylic acids is 1. The zero-order valence-electron chi connectivity index (χ0n) is 11.4. The Morgan fingerprint density at radius 1 is 1.16 bits per heavy atom. The van der Waals surface area contributed by atoms with Gasteiger partial charge >= 0.3 is 0 Å². The van der Waals surface area contributed by atoms with Crippen molar-refractivity contribution in [2.75, 3.05) is 13.1 Å². The smallest absolute Gasteiger partial charge is 0.225 e. The molecule has 3 nitrogen and oxygen atoms in total. The molecule has 1 unspecified atom stereocenters. The standard InChI is InChI=1S/C16H20N2O/c1-13-7-10-18(16(13)19)9-4-8-17-11-14-5-2-3-6-15(14)12-17/h2-3,5-6,11-13H,4,7-10H2,1H3. The molecule has 0 radical (unpaired) electrons. The molecule has 1 aromatic heterocycles. The zero-order chi connectivity index (χ0) is 13.2. The second-order valence-electron chi connectivity index (χ2n) is 5.49. The van der Waals surface area contributed by atoms with Crippen LogP contribution in [0.1, 0.15) is 19.8 Å². The first kappa shape index (κ1) is 12.3. The summed E-state index contributed by atoms with van der Waals surface area (Å²) >= 11 is 0. The Hall–Kier alpha value is -1.77. The van der Waals surface area contributed by atoms with Crippen molar-refractivity contribution >= 4 is 16.7 Å². The average molecular weight is 256 g/mol. The molecule has 1 aliphatic heterocycles. The minimum absolute atomic E-state index is 0.231. The van der Waals surface area contributed by atoms with Gasteiger partial charge in [0.1, 0.15) is 0 Å². The number of fused-ring (bicyclic) bond motifs is 1. The highest BCUT2D eigenvalue weighted by molar-refractivity contribution is 5.82. The van der Waals surface area contributed by atoms with Crippen LogP contribution in [0.2, 0.25) is 0 Å². The third-order valence-corrected chi connectivity index (χ3v) is 4.02. The Morgan fingerprint density at radius 3 is 2.42 bits per heavy atom. The number of aryl methyl sites for hydroxylation is 1. The van der Waals surface area contributed by atoms with E-state index in [1.807, 2.05) is 11.8 Å². The fourth-order valence-corrected chi connectivity index (χ4v) is 2.83. The van der Waals surface area contributed by atoms with Crippen LogP contribution in [0.25, 0.3) is 10.8 Å². The molecule has 1 aliphatic rings.